The number of sulfonamides is 1. The fraction of sp³-hybridized carbons (Fsp3) is 0.391. The normalized spacial score (nSPS) is 15.8. The molecule has 1 fully saturated rings. The van der Waals surface area contributed by atoms with E-state index in [1.807, 2.05) is 26.0 Å². The van der Waals surface area contributed by atoms with Crippen molar-refractivity contribution in [2.24, 2.45) is 5.92 Å². The summed E-state index contributed by atoms with van der Waals surface area (Å²) >= 11 is 0. The first kappa shape index (κ1) is 22.3. The summed E-state index contributed by atoms with van der Waals surface area (Å²) in [5, 5.41) is 2.82. The largest absolute Gasteiger partial charge is 0.420 e. The molecule has 0 atom stereocenters. The van der Waals surface area contributed by atoms with E-state index < -0.39 is 15.8 Å². The van der Waals surface area contributed by atoms with E-state index in [1.165, 1.54) is 27.1 Å². The molecule has 0 bridgehead atoms. The zero-order chi connectivity index (χ0) is 23.0. The average Bonchev–Trinajstić information content (AvgIpc) is 3.06. The summed E-state index contributed by atoms with van der Waals surface area (Å²) < 4.78 is 34.0. The summed E-state index contributed by atoms with van der Waals surface area (Å²) in [6.07, 6.45) is 1.64. The summed E-state index contributed by atoms with van der Waals surface area (Å²) in [4.78, 5) is 25.1. The zero-order valence-electron chi connectivity index (χ0n) is 18.4. The van der Waals surface area contributed by atoms with Gasteiger partial charge in [0.15, 0.2) is 5.58 Å². The Morgan fingerprint density at radius 3 is 2.59 bits per heavy atom. The molecule has 170 valence electrons. The van der Waals surface area contributed by atoms with Gasteiger partial charge in [-0.2, -0.15) is 4.31 Å². The molecule has 1 saturated heterocycles. The fourth-order valence-corrected chi connectivity index (χ4v) is 5.44. The van der Waals surface area contributed by atoms with Crippen LogP contribution in [0.1, 0.15) is 30.9 Å². The van der Waals surface area contributed by atoms with Gasteiger partial charge in [-0.15, -0.1) is 0 Å². The van der Waals surface area contributed by atoms with Crippen LogP contribution in [-0.4, -0.2) is 36.3 Å². The topological polar surface area (TPSA) is 102 Å². The highest BCUT2D eigenvalue weighted by atomic mass is 32.2. The Hall–Kier alpha value is -2.91. The fourth-order valence-electron chi connectivity index (χ4n) is 3.95. The van der Waals surface area contributed by atoms with Gasteiger partial charge in [0.25, 0.3) is 0 Å². The molecule has 1 aliphatic rings. The van der Waals surface area contributed by atoms with Crippen molar-refractivity contribution in [3.05, 3.63) is 58.1 Å². The van der Waals surface area contributed by atoms with Gasteiger partial charge in [-0.1, -0.05) is 19.1 Å². The van der Waals surface area contributed by atoms with Crippen molar-refractivity contribution in [1.82, 2.24) is 8.87 Å². The van der Waals surface area contributed by atoms with Crippen LogP contribution in [0.25, 0.3) is 11.1 Å². The molecule has 1 N–H and O–H groups in total. The van der Waals surface area contributed by atoms with Crippen LogP contribution in [-0.2, 0) is 21.4 Å². The molecule has 0 aliphatic carbocycles. The smallest absolute Gasteiger partial charge is 0.408 e. The third-order valence-electron chi connectivity index (χ3n) is 6.20. The Bertz CT molecular complexity index is 1330. The molecule has 1 aromatic heterocycles. The lowest BCUT2D eigenvalue weighted by molar-refractivity contribution is -0.116. The number of nitrogens with zero attached hydrogens (tertiary/aromatic N) is 2. The minimum Gasteiger partial charge on any atom is -0.408 e. The number of oxazole rings is 1. The first-order valence-corrected chi connectivity index (χ1v) is 12.1. The van der Waals surface area contributed by atoms with Crippen molar-refractivity contribution in [3.8, 4) is 0 Å². The predicted octanol–water partition coefficient (Wildman–Crippen LogP) is 3.27. The number of aromatic nitrogens is 1. The van der Waals surface area contributed by atoms with Crippen LogP contribution in [0, 0.1) is 19.8 Å². The lowest BCUT2D eigenvalue weighted by atomic mass is 10.0. The van der Waals surface area contributed by atoms with E-state index in [-0.39, 0.29) is 22.9 Å². The van der Waals surface area contributed by atoms with Crippen molar-refractivity contribution in [2.75, 3.05) is 18.4 Å². The second-order valence-electron chi connectivity index (χ2n) is 8.47. The maximum absolute atomic E-state index is 13.0. The number of benzene rings is 2. The van der Waals surface area contributed by atoms with Crippen LogP contribution in [0.5, 0.6) is 0 Å². The van der Waals surface area contributed by atoms with E-state index in [4.69, 9.17) is 4.42 Å². The maximum atomic E-state index is 13.0. The molecule has 0 radical (unpaired) electrons. The number of rotatable bonds is 5. The van der Waals surface area contributed by atoms with Crippen molar-refractivity contribution in [3.63, 3.8) is 0 Å². The quantitative estimate of drug-likeness (QED) is 0.634. The van der Waals surface area contributed by atoms with Crippen LogP contribution in [0.15, 0.2) is 50.5 Å². The number of hydrogen-bond donors (Lipinski definition) is 1. The molecule has 0 spiro atoms. The third-order valence-corrected chi connectivity index (χ3v) is 8.10. The second-order valence-corrected chi connectivity index (χ2v) is 10.4. The minimum absolute atomic E-state index is 0.0836. The molecule has 32 heavy (non-hydrogen) atoms. The van der Waals surface area contributed by atoms with Crippen LogP contribution in [0.3, 0.4) is 0 Å². The number of hydrogen-bond acceptors (Lipinski definition) is 5. The molecule has 2 heterocycles. The maximum Gasteiger partial charge on any atom is 0.420 e. The molecule has 8 nitrogen and oxygen atoms in total. The monoisotopic (exact) mass is 457 g/mol. The molecule has 1 aliphatic heterocycles. The number of carbonyl (C=O) groups excluding carboxylic acids is 1. The first-order valence-electron chi connectivity index (χ1n) is 10.7. The Morgan fingerprint density at radius 2 is 1.88 bits per heavy atom. The summed E-state index contributed by atoms with van der Waals surface area (Å²) in [6.45, 7) is 6.69. The number of aryl methyl sites for hydroxylation is 1. The first-order chi connectivity index (χ1) is 15.2. The van der Waals surface area contributed by atoms with Crippen molar-refractivity contribution in [1.29, 1.82) is 0 Å². The van der Waals surface area contributed by atoms with E-state index in [9.17, 15) is 18.0 Å². The summed E-state index contributed by atoms with van der Waals surface area (Å²) in [6, 6.07) is 9.95. The molecule has 3 aromatic rings. The van der Waals surface area contributed by atoms with E-state index >= 15 is 0 Å². The number of piperidine rings is 1. The van der Waals surface area contributed by atoms with Gasteiger partial charge in [0.2, 0.25) is 15.9 Å². The third kappa shape index (κ3) is 4.22. The van der Waals surface area contributed by atoms with Gasteiger partial charge in [-0.05, 0) is 61.9 Å². The highest BCUT2D eigenvalue weighted by molar-refractivity contribution is 7.89. The van der Waals surface area contributed by atoms with Gasteiger partial charge < -0.3 is 9.73 Å². The van der Waals surface area contributed by atoms with Gasteiger partial charge >= 0.3 is 5.76 Å². The minimum atomic E-state index is -3.67. The Labute approximate surface area is 186 Å². The average molecular weight is 458 g/mol. The van der Waals surface area contributed by atoms with E-state index in [0.717, 1.165) is 24.0 Å². The molecular formula is C23H27N3O5S. The van der Waals surface area contributed by atoms with E-state index in [2.05, 4.69) is 12.2 Å². The Morgan fingerprint density at radius 1 is 1.16 bits per heavy atom. The molecule has 0 unspecified atom stereocenters. The number of amides is 1. The standard InChI is InChI=1S/C23H27N3O5S/c1-15-9-11-25(12-10-15)32(29,30)18-7-8-20-21(13-18)31-23(28)26(20)14-22(27)24-19-6-4-5-16(2)17(19)3/h4-8,13,15H,9-12,14H2,1-3H3,(H,24,27). The number of nitrogens with one attached hydrogen (secondary N) is 1. The van der Waals surface area contributed by atoms with Crippen molar-refractivity contribution < 1.29 is 17.6 Å². The number of fused-ring (bicyclic) bond motifs is 1. The lowest BCUT2D eigenvalue weighted by Crippen LogP contribution is -2.37. The van der Waals surface area contributed by atoms with Gasteiger partial charge in [-0.25, -0.2) is 13.2 Å². The van der Waals surface area contributed by atoms with E-state index in [1.54, 1.807) is 6.07 Å². The van der Waals surface area contributed by atoms with Gasteiger partial charge in [0.05, 0.1) is 10.4 Å². The van der Waals surface area contributed by atoms with Crippen molar-refractivity contribution >= 4 is 32.7 Å². The van der Waals surface area contributed by atoms with E-state index in [0.29, 0.717) is 30.2 Å². The molecule has 9 heteroatoms. The van der Waals surface area contributed by atoms with Crippen LogP contribution in [0.4, 0.5) is 5.69 Å². The lowest BCUT2D eigenvalue weighted by Gasteiger charge is -2.29. The van der Waals surface area contributed by atoms with Gasteiger partial charge in [0, 0.05) is 24.8 Å². The van der Waals surface area contributed by atoms with Crippen LogP contribution < -0.4 is 11.1 Å². The number of carbonyl (C=O) groups is 1. The second kappa shape index (κ2) is 8.55. The summed E-state index contributed by atoms with van der Waals surface area (Å²) in [5.74, 6) is -0.578. The summed E-state index contributed by atoms with van der Waals surface area (Å²) in [5.41, 5.74) is 3.19. The zero-order valence-corrected chi connectivity index (χ0v) is 19.2. The highest BCUT2D eigenvalue weighted by Gasteiger charge is 2.29. The van der Waals surface area contributed by atoms with Crippen LogP contribution in [0.2, 0.25) is 0 Å². The molecule has 1 amide bonds. The highest BCUT2D eigenvalue weighted by Crippen LogP contribution is 2.26. The molecular weight excluding hydrogens is 430 g/mol. The molecule has 2 aromatic carbocycles. The predicted molar refractivity (Wildman–Crippen MR) is 122 cm³/mol. The Kier molecular flexibility index (Phi) is 5.96. The van der Waals surface area contributed by atoms with Gasteiger partial charge in [-0.3, -0.25) is 9.36 Å². The molecule has 4 rings (SSSR count). The van der Waals surface area contributed by atoms with Crippen molar-refractivity contribution in [2.45, 2.75) is 45.1 Å². The van der Waals surface area contributed by atoms with Gasteiger partial charge in [0.1, 0.15) is 6.54 Å². The summed E-state index contributed by atoms with van der Waals surface area (Å²) in [7, 11) is -3.67. The Balaban J connectivity index is 1.58. The number of anilines is 1. The van der Waals surface area contributed by atoms with Crippen LogP contribution >= 0.6 is 0 Å². The molecule has 0 saturated carbocycles. The SMILES string of the molecule is Cc1cccc(NC(=O)Cn2c(=O)oc3cc(S(=O)(=O)N4CCC(C)CC4)ccc32)c1C.